The van der Waals surface area contributed by atoms with Crippen molar-refractivity contribution in [3.8, 4) is 0 Å². The summed E-state index contributed by atoms with van der Waals surface area (Å²) in [6.07, 6.45) is 0. The van der Waals surface area contributed by atoms with Crippen LogP contribution < -0.4 is 10.0 Å². The maximum atomic E-state index is 13.0. The number of amides is 1. The summed E-state index contributed by atoms with van der Waals surface area (Å²) in [7, 11) is -4.01. The molecule has 0 saturated carbocycles. The first kappa shape index (κ1) is 22.6. The van der Waals surface area contributed by atoms with E-state index < -0.39 is 15.9 Å². The molecule has 3 aromatic carbocycles. The average molecular weight is 528 g/mol. The van der Waals surface area contributed by atoms with E-state index in [0.717, 1.165) is 11.1 Å². The summed E-state index contributed by atoms with van der Waals surface area (Å²) in [5, 5.41) is 3.13. The van der Waals surface area contributed by atoms with Crippen molar-refractivity contribution in [2.45, 2.75) is 18.7 Å². The van der Waals surface area contributed by atoms with Gasteiger partial charge in [-0.3, -0.25) is 9.52 Å². The van der Waals surface area contributed by atoms with Gasteiger partial charge >= 0.3 is 0 Å². The molecule has 0 heterocycles. The fraction of sp³-hybridized carbons (Fsp3) is 0.0952. The molecular weight excluding hydrogens is 511 g/mol. The smallest absolute Gasteiger partial charge is 0.263 e. The SMILES string of the molecule is Cc1cccc(NS(=O)(=O)c2cc(C(=O)Nc3ccc(Br)c(Cl)c3)ccc2Cl)c1C. The van der Waals surface area contributed by atoms with Crippen LogP contribution in [0.4, 0.5) is 11.4 Å². The monoisotopic (exact) mass is 526 g/mol. The van der Waals surface area contributed by atoms with Gasteiger partial charge in [-0.05, 0) is 83.4 Å². The highest BCUT2D eigenvalue weighted by atomic mass is 79.9. The van der Waals surface area contributed by atoms with Crippen molar-refractivity contribution in [1.82, 2.24) is 0 Å². The van der Waals surface area contributed by atoms with Crippen LogP contribution in [0.1, 0.15) is 21.5 Å². The molecule has 0 atom stereocenters. The molecule has 2 N–H and O–H groups in total. The minimum atomic E-state index is -4.01. The predicted octanol–water partition coefficient (Wildman–Crippen LogP) is 6.43. The van der Waals surface area contributed by atoms with E-state index in [0.29, 0.717) is 20.9 Å². The van der Waals surface area contributed by atoms with Crippen LogP contribution in [0.25, 0.3) is 0 Å². The zero-order chi connectivity index (χ0) is 22.1. The lowest BCUT2D eigenvalue weighted by Crippen LogP contribution is -2.17. The molecule has 0 saturated heterocycles. The molecule has 0 unspecified atom stereocenters. The Morgan fingerprint density at radius 1 is 0.967 bits per heavy atom. The standard InChI is InChI=1S/C21H17BrCl2N2O3S/c1-12-4-3-5-19(13(12)2)26-30(28,29)20-10-14(6-9-17(20)23)21(27)25-15-7-8-16(22)18(24)11-15/h3-11,26H,1-2H3,(H,25,27). The third kappa shape index (κ3) is 4.98. The highest BCUT2D eigenvalue weighted by Crippen LogP contribution is 2.28. The number of carbonyl (C=O) groups is 1. The first-order chi connectivity index (χ1) is 14.1. The molecule has 156 valence electrons. The van der Waals surface area contributed by atoms with Crippen LogP contribution in [-0.2, 0) is 10.0 Å². The number of aryl methyl sites for hydroxylation is 1. The topological polar surface area (TPSA) is 75.3 Å². The summed E-state index contributed by atoms with van der Waals surface area (Å²) in [6, 6.07) is 14.3. The molecule has 1 amide bonds. The fourth-order valence-corrected chi connectivity index (χ4v) is 4.77. The molecule has 0 fully saturated rings. The minimum absolute atomic E-state index is 0.0102. The number of rotatable bonds is 5. The summed E-state index contributed by atoms with van der Waals surface area (Å²) < 4.78 is 29.1. The maximum Gasteiger partial charge on any atom is 0.263 e. The summed E-state index contributed by atoms with van der Waals surface area (Å²) in [5.41, 5.74) is 2.81. The third-order valence-electron chi connectivity index (χ3n) is 4.51. The van der Waals surface area contributed by atoms with Gasteiger partial charge in [-0.1, -0.05) is 35.3 Å². The predicted molar refractivity (Wildman–Crippen MR) is 125 cm³/mol. The molecular formula is C21H17BrCl2N2O3S. The second kappa shape index (κ2) is 8.98. The van der Waals surface area contributed by atoms with Crippen molar-refractivity contribution in [2.75, 3.05) is 10.0 Å². The summed E-state index contributed by atoms with van der Waals surface area (Å²) >= 11 is 15.5. The van der Waals surface area contributed by atoms with E-state index in [1.165, 1.54) is 18.2 Å². The largest absolute Gasteiger partial charge is 0.322 e. The van der Waals surface area contributed by atoms with Crippen LogP contribution in [0.2, 0.25) is 10.0 Å². The molecule has 0 bridgehead atoms. The number of sulfonamides is 1. The van der Waals surface area contributed by atoms with Crippen molar-refractivity contribution < 1.29 is 13.2 Å². The highest BCUT2D eigenvalue weighted by Gasteiger charge is 2.21. The maximum absolute atomic E-state index is 13.0. The Morgan fingerprint density at radius 2 is 1.70 bits per heavy atom. The molecule has 3 rings (SSSR count). The Hall–Kier alpha value is -2.06. The molecule has 0 aromatic heterocycles. The molecule has 0 aliphatic rings. The normalized spacial score (nSPS) is 11.2. The van der Waals surface area contributed by atoms with Crippen LogP contribution in [0.3, 0.4) is 0 Å². The lowest BCUT2D eigenvalue weighted by Gasteiger charge is -2.14. The van der Waals surface area contributed by atoms with Crippen molar-refractivity contribution in [1.29, 1.82) is 0 Å². The highest BCUT2D eigenvalue weighted by molar-refractivity contribution is 9.10. The number of carbonyl (C=O) groups excluding carboxylic acids is 1. The Bertz CT molecular complexity index is 1250. The summed E-state index contributed by atoms with van der Waals surface area (Å²) in [6.45, 7) is 3.71. The average Bonchev–Trinajstić information content (AvgIpc) is 2.68. The Kier molecular flexibility index (Phi) is 6.77. The fourth-order valence-electron chi connectivity index (χ4n) is 2.69. The van der Waals surface area contributed by atoms with E-state index in [4.69, 9.17) is 23.2 Å². The molecule has 3 aromatic rings. The zero-order valence-corrected chi connectivity index (χ0v) is 19.9. The third-order valence-corrected chi connectivity index (χ3v) is 7.59. The molecule has 5 nitrogen and oxygen atoms in total. The summed E-state index contributed by atoms with van der Waals surface area (Å²) in [5.74, 6) is -0.492. The summed E-state index contributed by atoms with van der Waals surface area (Å²) in [4.78, 5) is 12.4. The van der Waals surface area contributed by atoms with Crippen molar-refractivity contribution in [3.63, 3.8) is 0 Å². The molecule has 0 aliphatic carbocycles. The first-order valence-electron chi connectivity index (χ1n) is 8.73. The van der Waals surface area contributed by atoms with E-state index in [-0.39, 0.29) is 15.5 Å². The van der Waals surface area contributed by atoms with Crippen LogP contribution in [-0.4, -0.2) is 14.3 Å². The second-order valence-corrected chi connectivity index (χ2v) is 9.90. The van der Waals surface area contributed by atoms with E-state index in [1.54, 1.807) is 30.3 Å². The molecule has 9 heteroatoms. The Labute approximate surface area is 193 Å². The van der Waals surface area contributed by atoms with Crippen LogP contribution >= 0.6 is 39.1 Å². The van der Waals surface area contributed by atoms with Gasteiger partial charge in [-0.15, -0.1) is 0 Å². The van der Waals surface area contributed by atoms with Gasteiger partial charge in [-0.2, -0.15) is 0 Å². The van der Waals surface area contributed by atoms with Gasteiger partial charge in [-0.25, -0.2) is 8.42 Å². The quantitative estimate of drug-likeness (QED) is 0.401. The number of hydrogen-bond donors (Lipinski definition) is 2. The van der Waals surface area contributed by atoms with E-state index in [1.807, 2.05) is 19.9 Å². The van der Waals surface area contributed by atoms with E-state index in [9.17, 15) is 13.2 Å². The van der Waals surface area contributed by atoms with Crippen LogP contribution in [0.5, 0.6) is 0 Å². The van der Waals surface area contributed by atoms with Gasteiger partial charge in [0.25, 0.3) is 15.9 Å². The lowest BCUT2D eigenvalue weighted by atomic mass is 10.1. The Balaban J connectivity index is 1.91. The molecule has 30 heavy (non-hydrogen) atoms. The van der Waals surface area contributed by atoms with Gasteiger partial charge in [0.05, 0.1) is 15.7 Å². The number of anilines is 2. The number of nitrogens with one attached hydrogen (secondary N) is 2. The van der Waals surface area contributed by atoms with Crippen molar-refractivity contribution >= 4 is 66.4 Å². The number of benzene rings is 3. The number of halogens is 3. The minimum Gasteiger partial charge on any atom is -0.322 e. The first-order valence-corrected chi connectivity index (χ1v) is 11.8. The van der Waals surface area contributed by atoms with Crippen molar-refractivity contribution in [3.05, 3.63) is 85.8 Å². The van der Waals surface area contributed by atoms with E-state index in [2.05, 4.69) is 26.0 Å². The Morgan fingerprint density at radius 3 is 2.40 bits per heavy atom. The van der Waals surface area contributed by atoms with Gasteiger partial charge < -0.3 is 5.32 Å². The van der Waals surface area contributed by atoms with E-state index >= 15 is 0 Å². The van der Waals surface area contributed by atoms with Crippen molar-refractivity contribution in [2.24, 2.45) is 0 Å². The molecule has 0 spiro atoms. The van der Waals surface area contributed by atoms with Crippen LogP contribution in [0.15, 0.2) is 64.0 Å². The zero-order valence-electron chi connectivity index (χ0n) is 16.0. The van der Waals surface area contributed by atoms with Gasteiger partial charge in [0.1, 0.15) is 4.90 Å². The lowest BCUT2D eigenvalue weighted by molar-refractivity contribution is 0.102. The molecule has 0 aliphatic heterocycles. The van der Waals surface area contributed by atoms with Gasteiger partial charge in [0, 0.05) is 15.7 Å². The van der Waals surface area contributed by atoms with Crippen LogP contribution in [0, 0.1) is 13.8 Å². The van der Waals surface area contributed by atoms with Gasteiger partial charge in [0.15, 0.2) is 0 Å². The van der Waals surface area contributed by atoms with Gasteiger partial charge in [0.2, 0.25) is 0 Å². The second-order valence-electron chi connectivity index (χ2n) is 6.58. The molecule has 0 radical (unpaired) electrons. The number of hydrogen-bond acceptors (Lipinski definition) is 3.